The van der Waals surface area contributed by atoms with Crippen LogP contribution in [0.5, 0.6) is 0 Å². The van der Waals surface area contributed by atoms with Gasteiger partial charge in [-0.3, -0.25) is 4.79 Å². The molecule has 6 heteroatoms. The summed E-state index contributed by atoms with van der Waals surface area (Å²) in [5.74, 6) is -0.873. The first-order valence-electron chi connectivity index (χ1n) is 9.28. The number of carbonyl (C=O) groups is 2. The van der Waals surface area contributed by atoms with E-state index >= 15 is 0 Å². The van der Waals surface area contributed by atoms with Crippen molar-refractivity contribution in [1.29, 1.82) is 0 Å². The third-order valence-electron chi connectivity index (χ3n) is 3.99. The first-order valence-corrected chi connectivity index (χ1v) is 9.28. The van der Waals surface area contributed by atoms with Gasteiger partial charge in [0, 0.05) is 13.1 Å². The maximum Gasteiger partial charge on any atom is 0.407 e. The van der Waals surface area contributed by atoms with Gasteiger partial charge in [-0.25, -0.2) is 4.79 Å². The Balaban J connectivity index is 1.84. The monoisotopic (exact) mass is 384 g/mol. The van der Waals surface area contributed by atoms with Gasteiger partial charge in [0.05, 0.1) is 0 Å². The molecule has 28 heavy (non-hydrogen) atoms. The number of hydrogen-bond acceptors (Lipinski definition) is 4. The van der Waals surface area contributed by atoms with Gasteiger partial charge in [-0.05, 0) is 43.9 Å². The number of nitrogens with one attached hydrogen (secondary N) is 2. The maximum absolute atomic E-state index is 11.7. The molecule has 0 aliphatic heterocycles. The van der Waals surface area contributed by atoms with Crippen molar-refractivity contribution < 1.29 is 19.4 Å². The molecule has 150 valence electrons. The van der Waals surface area contributed by atoms with Crippen molar-refractivity contribution in [2.45, 2.75) is 51.9 Å². The lowest BCUT2D eigenvalue weighted by molar-refractivity contribution is -0.139. The number of carboxylic acids is 1. The first kappa shape index (κ1) is 21.4. The summed E-state index contributed by atoms with van der Waals surface area (Å²) >= 11 is 0. The zero-order valence-electron chi connectivity index (χ0n) is 16.6. The Bertz CT molecular complexity index is 767. The lowest BCUT2D eigenvalue weighted by atomic mass is 10.1. The SMILES string of the molecule is CC(C)(C)OC(=O)NCc1ccc(CNC(Cc2ccccc2)C(=O)O)cc1. The van der Waals surface area contributed by atoms with Crippen molar-refractivity contribution in [2.24, 2.45) is 0 Å². The average Bonchev–Trinajstić information content (AvgIpc) is 2.63. The number of carbonyl (C=O) groups excluding carboxylic acids is 1. The van der Waals surface area contributed by atoms with E-state index in [1.807, 2.05) is 75.4 Å². The normalized spacial score (nSPS) is 12.2. The molecule has 0 fully saturated rings. The summed E-state index contributed by atoms with van der Waals surface area (Å²) in [6, 6.07) is 16.5. The zero-order chi connectivity index (χ0) is 20.6. The fourth-order valence-electron chi connectivity index (χ4n) is 2.60. The molecular weight excluding hydrogens is 356 g/mol. The Morgan fingerprint density at radius 2 is 1.50 bits per heavy atom. The molecule has 6 nitrogen and oxygen atoms in total. The Hall–Kier alpha value is -2.86. The van der Waals surface area contributed by atoms with Crippen LogP contribution in [0.2, 0.25) is 0 Å². The van der Waals surface area contributed by atoms with Gasteiger partial charge in [0.1, 0.15) is 11.6 Å². The highest BCUT2D eigenvalue weighted by molar-refractivity contribution is 5.73. The predicted molar refractivity (Wildman–Crippen MR) is 108 cm³/mol. The summed E-state index contributed by atoms with van der Waals surface area (Å²) < 4.78 is 5.20. The number of hydrogen-bond donors (Lipinski definition) is 3. The van der Waals surface area contributed by atoms with Crippen LogP contribution in [0.4, 0.5) is 4.79 Å². The molecule has 1 amide bonds. The van der Waals surface area contributed by atoms with E-state index in [9.17, 15) is 14.7 Å². The van der Waals surface area contributed by atoms with Crippen molar-refractivity contribution in [3.8, 4) is 0 Å². The summed E-state index contributed by atoms with van der Waals surface area (Å²) in [4.78, 5) is 23.2. The molecule has 1 atom stereocenters. The summed E-state index contributed by atoms with van der Waals surface area (Å²) in [5.41, 5.74) is 2.36. The number of aliphatic carboxylic acids is 1. The first-order chi connectivity index (χ1) is 13.2. The van der Waals surface area contributed by atoms with Gasteiger partial charge in [-0.15, -0.1) is 0 Å². The molecule has 2 aromatic carbocycles. The van der Waals surface area contributed by atoms with E-state index in [0.29, 0.717) is 19.5 Å². The summed E-state index contributed by atoms with van der Waals surface area (Å²) in [5, 5.41) is 15.2. The third kappa shape index (κ3) is 7.80. The minimum atomic E-state index is -0.873. The van der Waals surface area contributed by atoms with Crippen LogP contribution in [-0.4, -0.2) is 28.8 Å². The summed E-state index contributed by atoms with van der Waals surface area (Å²) in [6.07, 6.45) is -0.0305. The Morgan fingerprint density at radius 3 is 2.04 bits per heavy atom. The molecule has 0 radical (unpaired) electrons. The highest BCUT2D eigenvalue weighted by Crippen LogP contribution is 2.09. The van der Waals surface area contributed by atoms with Crippen LogP contribution in [0.25, 0.3) is 0 Å². The maximum atomic E-state index is 11.7. The van der Waals surface area contributed by atoms with E-state index in [1.165, 1.54) is 0 Å². The minimum Gasteiger partial charge on any atom is -0.480 e. The summed E-state index contributed by atoms with van der Waals surface area (Å²) in [6.45, 7) is 6.27. The Morgan fingerprint density at radius 1 is 0.929 bits per heavy atom. The van der Waals surface area contributed by atoms with Crippen LogP contribution < -0.4 is 10.6 Å². The van der Waals surface area contributed by atoms with Crippen LogP contribution >= 0.6 is 0 Å². The minimum absolute atomic E-state index is 0.369. The third-order valence-corrected chi connectivity index (χ3v) is 3.99. The van der Waals surface area contributed by atoms with E-state index < -0.39 is 23.7 Å². The lowest BCUT2D eigenvalue weighted by Crippen LogP contribution is -2.38. The second-order valence-electron chi connectivity index (χ2n) is 7.63. The molecule has 3 N–H and O–H groups in total. The van der Waals surface area contributed by atoms with Crippen molar-refractivity contribution >= 4 is 12.1 Å². The van der Waals surface area contributed by atoms with E-state index in [0.717, 1.165) is 16.7 Å². The van der Waals surface area contributed by atoms with Gasteiger partial charge < -0.3 is 20.5 Å². The van der Waals surface area contributed by atoms with Crippen molar-refractivity contribution in [2.75, 3.05) is 0 Å². The van der Waals surface area contributed by atoms with Crippen molar-refractivity contribution in [3.05, 3.63) is 71.3 Å². The number of amides is 1. The van der Waals surface area contributed by atoms with Gasteiger partial charge in [-0.1, -0.05) is 54.6 Å². The molecule has 2 rings (SSSR count). The van der Waals surface area contributed by atoms with Gasteiger partial charge >= 0.3 is 12.1 Å². The summed E-state index contributed by atoms with van der Waals surface area (Å²) in [7, 11) is 0. The molecular formula is C22H28N2O4. The topological polar surface area (TPSA) is 87.7 Å². The second kappa shape index (κ2) is 9.90. The number of benzene rings is 2. The highest BCUT2D eigenvalue weighted by Gasteiger charge is 2.17. The average molecular weight is 384 g/mol. The van der Waals surface area contributed by atoms with Crippen LogP contribution in [0, 0.1) is 0 Å². The fourth-order valence-corrected chi connectivity index (χ4v) is 2.60. The van der Waals surface area contributed by atoms with Crippen LogP contribution in [0.15, 0.2) is 54.6 Å². The number of alkyl carbamates (subject to hydrolysis) is 1. The molecule has 0 aliphatic carbocycles. The van der Waals surface area contributed by atoms with Gasteiger partial charge in [-0.2, -0.15) is 0 Å². The van der Waals surface area contributed by atoms with E-state index in [2.05, 4.69) is 10.6 Å². The molecule has 0 heterocycles. The van der Waals surface area contributed by atoms with Gasteiger partial charge in [0.15, 0.2) is 0 Å². The smallest absolute Gasteiger partial charge is 0.407 e. The Kier molecular flexibility index (Phi) is 7.58. The molecule has 0 saturated carbocycles. The molecule has 0 saturated heterocycles. The van der Waals surface area contributed by atoms with Crippen molar-refractivity contribution in [3.63, 3.8) is 0 Å². The van der Waals surface area contributed by atoms with Gasteiger partial charge in [0.2, 0.25) is 0 Å². The van der Waals surface area contributed by atoms with Crippen LogP contribution in [-0.2, 0) is 29.0 Å². The number of ether oxygens (including phenoxy) is 1. The highest BCUT2D eigenvalue weighted by atomic mass is 16.6. The molecule has 1 unspecified atom stereocenters. The van der Waals surface area contributed by atoms with Crippen LogP contribution in [0.3, 0.4) is 0 Å². The largest absolute Gasteiger partial charge is 0.480 e. The van der Waals surface area contributed by atoms with E-state index in [1.54, 1.807) is 0 Å². The molecule has 0 aliphatic rings. The van der Waals surface area contributed by atoms with Gasteiger partial charge in [0.25, 0.3) is 0 Å². The molecule has 2 aromatic rings. The lowest BCUT2D eigenvalue weighted by Gasteiger charge is -2.19. The predicted octanol–water partition coefficient (Wildman–Crippen LogP) is 3.50. The second-order valence-corrected chi connectivity index (χ2v) is 7.63. The standard InChI is InChI=1S/C22H28N2O4/c1-22(2,3)28-21(27)24-15-18-11-9-17(10-12-18)14-23-19(20(25)26)13-16-7-5-4-6-8-16/h4-12,19,23H,13-15H2,1-3H3,(H,24,27)(H,25,26). The molecule has 0 spiro atoms. The fraction of sp³-hybridized carbons (Fsp3) is 0.364. The quantitative estimate of drug-likeness (QED) is 0.648. The van der Waals surface area contributed by atoms with E-state index in [-0.39, 0.29) is 0 Å². The van der Waals surface area contributed by atoms with Crippen LogP contribution in [0.1, 0.15) is 37.5 Å². The number of rotatable bonds is 8. The van der Waals surface area contributed by atoms with Crippen molar-refractivity contribution in [1.82, 2.24) is 10.6 Å². The number of carboxylic acid groups (broad SMARTS) is 1. The Labute approximate surface area is 165 Å². The van der Waals surface area contributed by atoms with E-state index in [4.69, 9.17) is 4.74 Å². The zero-order valence-corrected chi connectivity index (χ0v) is 16.6. The molecule has 0 bridgehead atoms. The molecule has 0 aromatic heterocycles.